The minimum Gasteiger partial charge on any atom is -0.394 e. The van der Waals surface area contributed by atoms with Gasteiger partial charge >= 0.3 is 5.69 Å². The number of pyridine rings is 1. The molecule has 0 bridgehead atoms. The number of fused-ring (bicyclic) bond motifs is 1. The van der Waals surface area contributed by atoms with E-state index in [1.165, 1.54) is 10.6 Å². The van der Waals surface area contributed by atoms with Gasteiger partial charge < -0.3 is 14.8 Å². The smallest absolute Gasteiger partial charge is 0.351 e. The van der Waals surface area contributed by atoms with E-state index in [1.807, 2.05) is 0 Å². The lowest BCUT2D eigenvalue weighted by molar-refractivity contribution is -0.0243. The van der Waals surface area contributed by atoms with Crippen LogP contribution >= 0.6 is 0 Å². The Balaban J connectivity index is 2.05. The normalized spacial score (nSPS) is 23.0. The third kappa shape index (κ3) is 2.18. The number of hydrogen-bond acceptors (Lipinski definition) is 5. The van der Waals surface area contributed by atoms with Crippen molar-refractivity contribution in [3.05, 3.63) is 39.2 Å². The van der Waals surface area contributed by atoms with Crippen molar-refractivity contribution in [2.75, 3.05) is 6.61 Å². The molecule has 0 aliphatic carbocycles. The van der Waals surface area contributed by atoms with Gasteiger partial charge in [-0.05, 0) is 18.9 Å². The van der Waals surface area contributed by atoms with Gasteiger partial charge in [0.1, 0.15) is 11.9 Å². The Morgan fingerprint density at radius 3 is 3.00 bits per heavy atom. The van der Waals surface area contributed by atoms with Gasteiger partial charge in [-0.3, -0.25) is 9.36 Å². The molecular formula is C12H13N3O4. The van der Waals surface area contributed by atoms with E-state index in [0.717, 1.165) is 0 Å². The summed E-state index contributed by atoms with van der Waals surface area (Å²) in [6, 6.07) is 2.99. The molecule has 7 nitrogen and oxygen atoms in total. The van der Waals surface area contributed by atoms with Crippen molar-refractivity contribution in [2.45, 2.75) is 25.2 Å². The summed E-state index contributed by atoms with van der Waals surface area (Å²) in [6.45, 7) is -0.0560. The molecule has 1 unspecified atom stereocenters. The van der Waals surface area contributed by atoms with Crippen LogP contribution in [0.2, 0.25) is 0 Å². The van der Waals surface area contributed by atoms with E-state index in [4.69, 9.17) is 9.84 Å². The predicted octanol–water partition coefficient (Wildman–Crippen LogP) is -0.245. The van der Waals surface area contributed by atoms with Crippen LogP contribution in [0.4, 0.5) is 0 Å². The summed E-state index contributed by atoms with van der Waals surface area (Å²) in [6.07, 6.45) is 2.33. The molecule has 1 fully saturated rings. The van der Waals surface area contributed by atoms with Crippen LogP contribution < -0.4 is 11.2 Å². The molecule has 7 heteroatoms. The Kier molecular flexibility index (Phi) is 2.92. The maximum Gasteiger partial charge on any atom is 0.351 e. The summed E-state index contributed by atoms with van der Waals surface area (Å²) >= 11 is 0. The Morgan fingerprint density at radius 2 is 2.26 bits per heavy atom. The molecule has 2 atom stereocenters. The number of rotatable bonds is 2. The lowest BCUT2D eigenvalue weighted by Gasteiger charge is -2.14. The molecule has 2 aromatic rings. The monoisotopic (exact) mass is 263 g/mol. The van der Waals surface area contributed by atoms with E-state index in [1.54, 1.807) is 12.3 Å². The van der Waals surface area contributed by atoms with Crippen molar-refractivity contribution < 1.29 is 9.84 Å². The Hall–Kier alpha value is -1.99. The van der Waals surface area contributed by atoms with E-state index < -0.39 is 11.9 Å². The zero-order valence-electron chi connectivity index (χ0n) is 10.1. The van der Waals surface area contributed by atoms with Crippen LogP contribution in [-0.4, -0.2) is 32.4 Å². The molecule has 3 heterocycles. The maximum absolute atomic E-state index is 11.9. The molecule has 2 N–H and O–H groups in total. The van der Waals surface area contributed by atoms with Crippen molar-refractivity contribution in [1.82, 2.24) is 14.5 Å². The van der Waals surface area contributed by atoms with Crippen LogP contribution in [0.1, 0.15) is 19.1 Å². The molecule has 0 spiro atoms. The van der Waals surface area contributed by atoms with Gasteiger partial charge in [-0.25, -0.2) is 4.79 Å². The number of aliphatic hydroxyl groups is 1. The minimum absolute atomic E-state index is 0.0560. The third-order valence-corrected chi connectivity index (χ3v) is 3.23. The number of nitrogens with zero attached hydrogens (tertiary/aromatic N) is 2. The molecule has 19 heavy (non-hydrogen) atoms. The summed E-state index contributed by atoms with van der Waals surface area (Å²) in [5.41, 5.74) is -0.502. The van der Waals surface area contributed by atoms with Crippen LogP contribution in [0.15, 0.2) is 27.9 Å². The van der Waals surface area contributed by atoms with Crippen molar-refractivity contribution in [3.8, 4) is 0 Å². The largest absolute Gasteiger partial charge is 0.394 e. The van der Waals surface area contributed by atoms with Crippen LogP contribution in [0, 0.1) is 0 Å². The molecular weight excluding hydrogens is 250 g/mol. The molecule has 3 rings (SSSR count). The summed E-state index contributed by atoms with van der Waals surface area (Å²) < 4.78 is 6.95. The Labute approximate surface area is 107 Å². The number of nitrogens with one attached hydrogen (secondary N) is 1. The second-order valence-corrected chi connectivity index (χ2v) is 4.53. The second kappa shape index (κ2) is 4.60. The number of aliphatic hydroxyl groups excluding tert-OH is 1. The van der Waals surface area contributed by atoms with Gasteiger partial charge in [0.05, 0.1) is 12.7 Å². The lowest BCUT2D eigenvalue weighted by atomic mass is 10.2. The maximum atomic E-state index is 11.9. The fourth-order valence-corrected chi connectivity index (χ4v) is 2.26. The van der Waals surface area contributed by atoms with Gasteiger partial charge in [-0.1, -0.05) is 0 Å². The first-order valence-electron chi connectivity index (χ1n) is 6.06. The summed E-state index contributed by atoms with van der Waals surface area (Å²) in [5.74, 6) is 0. The molecule has 0 amide bonds. The highest BCUT2D eigenvalue weighted by Gasteiger charge is 2.26. The van der Waals surface area contributed by atoms with Gasteiger partial charge in [-0.2, -0.15) is 4.98 Å². The average Bonchev–Trinajstić information content (AvgIpc) is 2.86. The van der Waals surface area contributed by atoms with Crippen LogP contribution in [-0.2, 0) is 4.74 Å². The van der Waals surface area contributed by atoms with E-state index in [2.05, 4.69) is 9.97 Å². The van der Waals surface area contributed by atoms with Crippen molar-refractivity contribution in [2.24, 2.45) is 0 Å². The third-order valence-electron chi connectivity index (χ3n) is 3.23. The zero-order valence-corrected chi connectivity index (χ0v) is 10.1. The summed E-state index contributed by atoms with van der Waals surface area (Å²) in [5, 5.41) is 9.70. The first-order valence-corrected chi connectivity index (χ1v) is 6.06. The highest BCUT2D eigenvalue weighted by atomic mass is 16.5. The van der Waals surface area contributed by atoms with Crippen molar-refractivity contribution >= 4 is 11.0 Å². The number of aromatic amines is 1. The Morgan fingerprint density at radius 1 is 1.42 bits per heavy atom. The van der Waals surface area contributed by atoms with E-state index in [0.29, 0.717) is 18.2 Å². The molecule has 0 saturated carbocycles. The zero-order chi connectivity index (χ0) is 13.4. The highest BCUT2D eigenvalue weighted by Crippen LogP contribution is 2.26. The number of hydrogen-bond donors (Lipinski definition) is 2. The van der Waals surface area contributed by atoms with E-state index >= 15 is 0 Å². The van der Waals surface area contributed by atoms with E-state index in [9.17, 15) is 9.59 Å². The minimum atomic E-state index is -0.474. The number of ether oxygens (including phenoxy) is 1. The standard InChI is InChI=1S/C12H13N3O4/c16-6-8-2-4-10(19-8)15-5-7-1-3-9(17)13-11(7)14-12(15)18/h1,3,5,8,10,16H,2,4,6H2,(H,13,14,17,18)/t8-,10?/m0/s1. The van der Waals surface area contributed by atoms with Crippen LogP contribution in [0.25, 0.3) is 11.0 Å². The summed E-state index contributed by atoms with van der Waals surface area (Å²) in [4.78, 5) is 29.4. The molecule has 1 saturated heterocycles. The first kappa shape index (κ1) is 12.1. The van der Waals surface area contributed by atoms with Gasteiger partial charge in [0.25, 0.3) is 0 Å². The van der Waals surface area contributed by atoms with Crippen LogP contribution in [0.3, 0.4) is 0 Å². The molecule has 2 aromatic heterocycles. The van der Waals surface area contributed by atoms with Gasteiger partial charge in [0, 0.05) is 17.6 Å². The summed E-state index contributed by atoms with van der Waals surface area (Å²) in [7, 11) is 0. The van der Waals surface area contributed by atoms with Gasteiger partial charge in [-0.15, -0.1) is 0 Å². The van der Waals surface area contributed by atoms with Gasteiger partial charge in [0.15, 0.2) is 0 Å². The second-order valence-electron chi connectivity index (χ2n) is 4.53. The lowest BCUT2D eigenvalue weighted by Crippen LogP contribution is -2.28. The number of H-pyrrole nitrogens is 1. The first-order chi connectivity index (χ1) is 9.17. The topological polar surface area (TPSA) is 97.2 Å². The highest BCUT2D eigenvalue weighted by molar-refractivity contribution is 5.72. The van der Waals surface area contributed by atoms with Gasteiger partial charge in [0.2, 0.25) is 5.56 Å². The quantitative estimate of drug-likeness (QED) is 0.779. The SMILES string of the molecule is O=c1ccc2cn(C3CC[C@@H](CO)O3)c(=O)nc2[nH]1. The fraction of sp³-hybridized carbons (Fsp3) is 0.417. The number of aromatic nitrogens is 3. The molecule has 0 aromatic carbocycles. The van der Waals surface area contributed by atoms with E-state index in [-0.39, 0.29) is 23.9 Å². The molecule has 1 aliphatic heterocycles. The van der Waals surface area contributed by atoms with Crippen LogP contribution in [0.5, 0.6) is 0 Å². The molecule has 1 aliphatic rings. The fourth-order valence-electron chi connectivity index (χ4n) is 2.26. The van der Waals surface area contributed by atoms with Crippen molar-refractivity contribution in [3.63, 3.8) is 0 Å². The Bertz CT molecular complexity index is 721. The van der Waals surface area contributed by atoms with Crippen molar-refractivity contribution in [1.29, 1.82) is 0 Å². The average molecular weight is 263 g/mol. The predicted molar refractivity (Wildman–Crippen MR) is 66.9 cm³/mol. The molecule has 100 valence electrons. The molecule has 0 radical (unpaired) electrons.